The topological polar surface area (TPSA) is 30.5 Å². The molecule has 0 amide bonds. The number of halogens is 1. The lowest BCUT2D eigenvalue weighted by Gasteiger charge is -2.64. The highest BCUT2D eigenvalue weighted by atomic mass is 35.5. The lowest BCUT2D eigenvalue weighted by atomic mass is 9.41. The zero-order valence-electron chi connectivity index (χ0n) is 20.5. The van der Waals surface area contributed by atoms with Crippen LogP contribution in [0.2, 0.25) is 5.02 Å². The predicted molar refractivity (Wildman–Crippen MR) is 136 cm³/mol. The number of benzene rings is 2. The molecule has 4 saturated carbocycles. The fourth-order valence-electron chi connectivity index (χ4n) is 8.00. The van der Waals surface area contributed by atoms with E-state index in [4.69, 9.17) is 21.1 Å². The summed E-state index contributed by atoms with van der Waals surface area (Å²) in [7, 11) is 3.39. The molecule has 0 saturated heterocycles. The third-order valence-corrected chi connectivity index (χ3v) is 9.26. The summed E-state index contributed by atoms with van der Waals surface area (Å²) in [5, 5.41) is 4.88. The van der Waals surface area contributed by atoms with Crippen LogP contribution in [-0.4, -0.2) is 26.3 Å². The van der Waals surface area contributed by atoms with Crippen LogP contribution in [0.3, 0.4) is 0 Å². The molecule has 2 aromatic carbocycles. The van der Waals surface area contributed by atoms with Crippen molar-refractivity contribution in [1.82, 2.24) is 5.32 Å². The van der Waals surface area contributed by atoms with Gasteiger partial charge in [-0.05, 0) is 117 Å². The van der Waals surface area contributed by atoms with Crippen molar-refractivity contribution in [2.24, 2.45) is 17.3 Å². The fraction of sp³-hybridized carbons (Fsp3) is 0.586. The van der Waals surface area contributed by atoms with Crippen molar-refractivity contribution in [3.05, 3.63) is 58.6 Å². The van der Waals surface area contributed by atoms with Crippen LogP contribution in [0.25, 0.3) is 0 Å². The predicted octanol–water partition coefficient (Wildman–Crippen LogP) is 6.80. The third kappa shape index (κ3) is 4.28. The van der Waals surface area contributed by atoms with E-state index >= 15 is 0 Å². The Kier molecular flexibility index (Phi) is 6.16. The van der Waals surface area contributed by atoms with E-state index in [1.807, 2.05) is 6.07 Å². The largest absolute Gasteiger partial charge is 0.493 e. The maximum Gasteiger partial charge on any atom is 0.160 e. The second-order valence-corrected chi connectivity index (χ2v) is 11.7. The van der Waals surface area contributed by atoms with Gasteiger partial charge in [0.05, 0.1) is 14.2 Å². The van der Waals surface area contributed by atoms with E-state index in [-0.39, 0.29) is 0 Å². The smallest absolute Gasteiger partial charge is 0.160 e. The molecule has 4 aliphatic rings. The Labute approximate surface area is 204 Å². The molecule has 0 radical (unpaired) electrons. The first-order valence-corrected chi connectivity index (χ1v) is 13.0. The molecule has 33 heavy (non-hydrogen) atoms. The van der Waals surface area contributed by atoms with E-state index in [0.717, 1.165) is 34.8 Å². The molecular weight excluding hydrogens is 430 g/mol. The number of ether oxygens (including phenoxy) is 2. The Morgan fingerprint density at radius 1 is 0.939 bits per heavy atom. The third-order valence-electron chi connectivity index (χ3n) is 9.01. The summed E-state index contributed by atoms with van der Waals surface area (Å²) in [6.07, 6.45) is 9.22. The van der Waals surface area contributed by atoms with E-state index in [2.05, 4.69) is 55.6 Å². The summed E-state index contributed by atoms with van der Waals surface area (Å²) < 4.78 is 10.9. The van der Waals surface area contributed by atoms with Crippen molar-refractivity contribution < 1.29 is 9.47 Å². The van der Waals surface area contributed by atoms with Gasteiger partial charge in [0, 0.05) is 17.1 Å². The van der Waals surface area contributed by atoms with Crippen LogP contribution in [0.15, 0.2) is 42.5 Å². The number of rotatable bonds is 8. The monoisotopic (exact) mass is 467 g/mol. The normalized spacial score (nSPS) is 31.9. The Bertz CT molecular complexity index is 974. The summed E-state index contributed by atoms with van der Waals surface area (Å²) >= 11 is 6.23. The van der Waals surface area contributed by atoms with E-state index in [1.165, 1.54) is 49.7 Å². The van der Waals surface area contributed by atoms with Gasteiger partial charge in [0.25, 0.3) is 0 Å². The molecule has 178 valence electrons. The molecule has 4 aliphatic carbocycles. The van der Waals surface area contributed by atoms with Gasteiger partial charge in [-0.2, -0.15) is 0 Å². The average Bonchev–Trinajstić information content (AvgIpc) is 2.78. The first-order valence-electron chi connectivity index (χ1n) is 12.6. The zero-order chi connectivity index (χ0) is 23.2. The van der Waals surface area contributed by atoms with Crippen LogP contribution in [0.4, 0.5) is 0 Å². The van der Waals surface area contributed by atoms with Crippen molar-refractivity contribution in [2.75, 3.05) is 14.2 Å². The van der Waals surface area contributed by atoms with Gasteiger partial charge >= 0.3 is 0 Å². The van der Waals surface area contributed by atoms with E-state index in [1.54, 1.807) is 14.2 Å². The van der Waals surface area contributed by atoms with Gasteiger partial charge in [0.1, 0.15) is 0 Å². The fourth-order valence-corrected chi connectivity index (χ4v) is 8.13. The van der Waals surface area contributed by atoms with Gasteiger partial charge in [0.2, 0.25) is 0 Å². The van der Waals surface area contributed by atoms with E-state index in [9.17, 15) is 0 Å². The molecule has 2 aromatic rings. The first kappa shape index (κ1) is 23.1. The molecular formula is C29H38ClNO2. The SMILES string of the molecule is COc1ccc(C[C@H](C)N[C@@H](C)C23C[C@H]4C[C@@H](CC(c5ccc(Cl)cc5)(C4)C2)C3)cc1OC. The molecule has 4 heteroatoms. The maximum absolute atomic E-state index is 6.23. The zero-order valence-corrected chi connectivity index (χ0v) is 21.3. The first-order chi connectivity index (χ1) is 15.8. The maximum atomic E-state index is 6.23. The minimum atomic E-state index is 0.344. The molecule has 4 bridgehead atoms. The summed E-state index contributed by atoms with van der Waals surface area (Å²) in [5.74, 6) is 3.33. The molecule has 0 aromatic heterocycles. The molecule has 6 rings (SSSR count). The molecule has 0 heterocycles. The quantitative estimate of drug-likeness (QED) is 0.462. The Hall–Kier alpha value is -1.71. The standard InChI is InChI=1S/C29H38ClNO2/c1-19(11-21-5-10-26(32-3)27(13-21)33-4)31-20(2)28-14-22-12-23(15-28)17-29(16-22,18-28)24-6-8-25(30)9-7-24/h5-10,13,19-20,22-23,31H,11-12,14-18H2,1-4H3/t19-,20-,22+,23+,28?,29?/m0/s1. The number of nitrogens with one attached hydrogen (secondary N) is 1. The Morgan fingerprint density at radius 2 is 1.61 bits per heavy atom. The summed E-state index contributed by atoms with van der Waals surface area (Å²) in [4.78, 5) is 0. The van der Waals surface area contributed by atoms with Crippen molar-refractivity contribution in [1.29, 1.82) is 0 Å². The lowest BCUT2D eigenvalue weighted by Crippen LogP contribution is -2.60. The Morgan fingerprint density at radius 3 is 2.24 bits per heavy atom. The van der Waals surface area contributed by atoms with Crippen LogP contribution in [0.5, 0.6) is 11.5 Å². The van der Waals surface area contributed by atoms with Crippen molar-refractivity contribution in [3.8, 4) is 11.5 Å². The van der Waals surface area contributed by atoms with Crippen LogP contribution < -0.4 is 14.8 Å². The molecule has 4 atom stereocenters. The number of methoxy groups -OCH3 is 2. The summed E-state index contributed by atoms with van der Waals surface area (Å²) in [5.41, 5.74) is 3.55. The highest BCUT2D eigenvalue weighted by Gasteiger charge is 2.59. The molecule has 3 nitrogen and oxygen atoms in total. The van der Waals surface area contributed by atoms with Crippen molar-refractivity contribution in [2.45, 2.75) is 76.3 Å². The van der Waals surface area contributed by atoms with Gasteiger partial charge < -0.3 is 14.8 Å². The number of hydrogen-bond donors (Lipinski definition) is 1. The molecule has 1 N–H and O–H groups in total. The van der Waals surface area contributed by atoms with Crippen LogP contribution in [-0.2, 0) is 11.8 Å². The summed E-state index contributed by atoms with van der Waals surface area (Å²) in [6, 6.07) is 16.0. The minimum Gasteiger partial charge on any atom is -0.493 e. The van der Waals surface area contributed by atoms with Crippen LogP contribution >= 0.6 is 11.6 Å². The second-order valence-electron chi connectivity index (χ2n) is 11.3. The summed E-state index contributed by atoms with van der Waals surface area (Å²) in [6.45, 7) is 4.77. The molecule has 0 aliphatic heterocycles. The second kappa shape index (κ2) is 8.82. The average molecular weight is 468 g/mol. The molecule has 4 fully saturated rings. The minimum absolute atomic E-state index is 0.344. The lowest BCUT2D eigenvalue weighted by molar-refractivity contribution is -0.0893. The van der Waals surface area contributed by atoms with Crippen molar-refractivity contribution >= 4 is 11.6 Å². The van der Waals surface area contributed by atoms with E-state index < -0.39 is 0 Å². The van der Waals surface area contributed by atoms with Gasteiger partial charge in [-0.1, -0.05) is 29.8 Å². The van der Waals surface area contributed by atoms with Crippen LogP contribution in [0.1, 0.15) is 63.5 Å². The van der Waals surface area contributed by atoms with E-state index in [0.29, 0.717) is 22.9 Å². The highest BCUT2D eigenvalue weighted by Crippen LogP contribution is 2.66. The van der Waals surface area contributed by atoms with Crippen molar-refractivity contribution in [3.63, 3.8) is 0 Å². The Balaban J connectivity index is 1.32. The number of hydrogen-bond acceptors (Lipinski definition) is 3. The highest BCUT2D eigenvalue weighted by molar-refractivity contribution is 6.30. The van der Waals surface area contributed by atoms with Gasteiger partial charge in [-0.15, -0.1) is 0 Å². The van der Waals surface area contributed by atoms with Crippen LogP contribution in [0, 0.1) is 17.3 Å². The van der Waals surface area contributed by atoms with Gasteiger partial charge in [-0.3, -0.25) is 0 Å². The van der Waals surface area contributed by atoms with Gasteiger partial charge in [0.15, 0.2) is 11.5 Å². The van der Waals surface area contributed by atoms with Gasteiger partial charge in [-0.25, -0.2) is 0 Å². The molecule has 0 unspecified atom stereocenters. The molecule has 0 spiro atoms.